The number of likely N-dealkylation sites (N-methyl/N-ethyl adjacent to an activating group) is 1. The molecule has 0 unspecified atom stereocenters. The Morgan fingerprint density at radius 1 is 1.19 bits per heavy atom. The third kappa shape index (κ3) is 3.35. The molecule has 3 N–H and O–H groups in total. The first-order valence-electron chi connectivity index (χ1n) is 7.39. The molecule has 0 amide bonds. The molecule has 1 aromatic carbocycles. The van der Waals surface area contributed by atoms with Crippen LogP contribution >= 0.6 is 11.3 Å². The van der Waals surface area contributed by atoms with Gasteiger partial charge in [0.15, 0.2) is 0 Å². The van der Waals surface area contributed by atoms with Crippen molar-refractivity contribution in [3.63, 3.8) is 0 Å². The second-order valence-electron chi connectivity index (χ2n) is 5.99. The molecule has 21 heavy (non-hydrogen) atoms. The maximum Gasteiger partial charge on any atom is 0.0710 e. The smallest absolute Gasteiger partial charge is 0.0710 e. The fraction of sp³-hybridized carbons (Fsp3) is 0.412. The van der Waals surface area contributed by atoms with E-state index in [0.717, 1.165) is 13.0 Å². The molecule has 0 saturated heterocycles. The molecule has 1 heterocycles. The molecule has 0 spiro atoms. The predicted molar refractivity (Wildman–Crippen MR) is 88.2 cm³/mol. The largest absolute Gasteiger partial charge is 0.391 e. The van der Waals surface area contributed by atoms with E-state index in [1.165, 1.54) is 16.7 Å². The summed E-state index contributed by atoms with van der Waals surface area (Å²) in [6.07, 6.45) is 1.30. The zero-order valence-electron chi connectivity index (χ0n) is 12.3. The molecule has 1 aliphatic carbocycles. The minimum absolute atomic E-state index is 0.133. The Morgan fingerprint density at radius 2 is 1.95 bits per heavy atom. The van der Waals surface area contributed by atoms with E-state index in [1.807, 2.05) is 0 Å². The van der Waals surface area contributed by atoms with Crippen LogP contribution in [-0.2, 0) is 6.54 Å². The van der Waals surface area contributed by atoms with E-state index in [-0.39, 0.29) is 18.2 Å². The van der Waals surface area contributed by atoms with Gasteiger partial charge in [-0.15, -0.1) is 0 Å². The lowest BCUT2D eigenvalue weighted by Crippen LogP contribution is -2.37. The van der Waals surface area contributed by atoms with E-state index in [1.54, 1.807) is 11.3 Å². The Kier molecular flexibility index (Phi) is 4.40. The van der Waals surface area contributed by atoms with Crippen LogP contribution in [0.5, 0.6) is 0 Å². The summed E-state index contributed by atoms with van der Waals surface area (Å²) in [5, 5.41) is 14.3. The Balaban J connectivity index is 1.65. The molecule has 1 saturated carbocycles. The molecular formula is C17H22N2OS. The van der Waals surface area contributed by atoms with Crippen molar-refractivity contribution in [1.82, 2.24) is 4.90 Å². The van der Waals surface area contributed by atoms with E-state index < -0.39 is 0 Å². The second-order valence-corrected chi connectivity index (χ2v) is 6.77. The molecule has 0 radical (unpaired) electrons. The van der Waals surface area contributed by atoms with Crippen LogP contribution in [0, 0.1) is 0 Å². The van der Waals surface area contributed by atoms with Gasteiger partial charge in [-0.3, -0.25) is 4.90 Å². The van der Waals surface area contributed by atoms with Crippen LogP contribution in [0.25, 0.3) is 11.1 Å². The normalized spacial score (nSPS) is 25.6. The van der Waals surface area contributed by atoms with Crippen molar-refractivity contribution in [3.05, 3.63) is 46.7 Å². The number of rotatable bonds is 4. The highest BCUT2D eigenvalue weighted by atomic mass is 32.1. The highest BCUT2D eigenvalue weighted by Gasteiger charge is 2.33. The van der Waals surface area contributed by atoms with Crippen molar-refractivity contribution in [3.8, 4) is 11.1 Å². The molecule has 1 fully saturated rings. The van der Waals surface area contributed by atoms with Gasteiger partial charge in [-0.2, -0.15) is 11.3 Å². The summed E-state index contributed by atoms with van der Waals surface area (Å²) in [6, 6.07) is 11.1. The molecule has 3 rings (SSSR count). The Labute approximate surface area is 130 Å². The van der Waals surface area contributed by atoms with Crippen LogP contribution in [0.3, 0.4) is 0 Å². The quantitative estimate of drug-likeness (QED) is 0.913. The summed E-state index contributed by atoms with van der Waals surface area (Å²) >= 11 is 1.72. The van der Waals surface area contributed by atoms with Crippen LogP contribution in [0.1, 0.15) is 18.4 Å². The third-order valence-electron chi connectivity index (χ3n) is 4.34. The van der Waals surface area contributed by atoms with Gasteiger partial charge in [-0.1, -0.05) is 24.3 Å². The number of hydrogen-bond donors (Lipinski definition) is 2. The zero-order chi connectivity index (χ0) is 14.8. The summed E-state index contributed by atoms with van der Waals surface area (Å²) in [7, 11) is 2.07. The Hall–Kier alpha value is -1.20. The van der Waals surface area contributed by atoms with Gasteiger partial charge < -0.3 is 10.8 Å². The van der Waals surface area contributed by atoms with Crippen LogP contribution < -0.4 is 5.73 Å². The first-order valence-corrected chi connectivity index (χ1v) is 8.33. The molecule has 1 aliphatic rings. The number of nitrogens with zero attached hydrogens (tertiary/aromatic N) is 1. The van der Waals surface area contributed by atoms with E-state index in [0.29, 0.717) is 6.42 Å². The van der Waals surface area contributed by atoms with Gasteiger partial charge in [0.25, 0.3) is 0 Å². The van der Waals surface area contributed by atoms with Crippen molar-refractivity contribution in [1.29, 1.82) is 0 Å². The monoisotopic (exact) mass is 302 g/mol. The number of hydrogen-bond acceptors (Lipinski definition) is 4. The van der Waals surface area contributed by atoms with Crippen LogP contribution in [0.15, 0.2) is 41.1 Å². The Morgan fingerprint density at radius 3 is 2.52 bits per heavy atom. The summed E-state index contributed by atoms with van der Waals surface area (Å²) < 4.78 is 0. The van der Waals surface area contributed by atoms with Crippen LogP contribution in [-0.4, -0.2) is 35.2 Å². The van der Waals surface area contributed by atoms with Crippen LogP contribution in [0.2, 0.25) is 0 Å². The molecule has 0 bridgehead atoms. The second kappa shape index (κ2) is 6.28. The minimum atomic E-state index is -0.296. The molecule has 3 atom stereocenters. The van der Waals surface area contributed by atoms with E-state index in [4.69, 9.17) is 5.73 Å². The number of aliphatic hydroxyl groups is 1. The standard InChI is InChI=1S/C17H22N2OS/c1-19(16-8-15(18)9-17(16)20)10-12-2-4-13(5-3-12)14-6-7-21-11-14/h2-7,11,15-17,20H,8-10,18H2,1H3/t15-,16-,17-/m0/s1. The lowest BCUT2D eigenvalue weighted by Gasteiger charge is -2.27. The van der Waals surface area contributed by atoms with Crippen molar-refractivity contribution in [2.24, 2.45) is 5.73 Å². The molecule has 0 aliphatic heterocycles. The first kappa shape index (κ1) is 14.7. The van der Waals surface area contributed by atoms with E-state index >= 15 is 0 Å². The SMILES string of the molecule is CN(Cc1ccc(-c2ccsc2)cc1)[C@H]1C[C@H](N)C[C@@H]1O. The highest BCUT2D eigenvalue weighted by Crippen LogP contribution is 2.25. The van der Waals surface area contributed by atoms with Gasteiger partial charge in [0, 0.05) is 18.6 Å². The van der Waals surface area contributed by atoms with Crippen molar-refractivity contribution in [2.45, 2.75) is 37.6 Å². The highest BCUT2D eigenvalue weighted by molar-refractivity contribution is 7.08. The van der Waals surface area contributed by atoms with Gasteiger partial charge in [0.05, 0.1) is 6.10 Å². The van der Waals surface area contributed by atoms with Crippen molar-refractivity contribution < 1.29 is 5.11 Å². The zero-order valence-corrected chi connectivity index (χ0v) is 13.1. The van der Waals surface area contributed by atoms with Crippen molar-refractivity contribution in [2.75, 3.05) is 7.05 Å². The molecule has 112 valence electrons. The van der Waals surface area contributed by atoms with Gasteiger partial charge in [0.2, 0.25) is 0 Å². The molecular weight excluding hydrogens is 280 g/mol. The third-order valence-corrected chi connectivity index (χ3v) is 5.02. The Bertz CT molecular complexity index is 567. The average Bonchev–Trinajstić information content (AvgIpc) is 3.09. The average molecular weight is 302 g/mol. The summed E-state index contributed by atoms with van der Waals surface area (Å²) in [4.78, 5) is 2.22. The maximum atomic E-state index is 10.1. The maximum absolute atomic E-state index is 10.1. The fourth-order valence-corrected chi connectivity index (χ4v) is 3.81. The van der Waals surface area contributed by atoms with Crippen LogP contribution in [0.4, 0.5) is 0 Å². The minimum Gasteiger partial charge on any atom is -0.391 e. The molecule has 3 nitrogen and oxygen atoms in total. The topological polar surface area (TPSA) is 49.5 Å². The molecule has 1 aromatic heterocycles. The number of nitrogens with two attached hydrogens (primary N) is 1. The van der Waals surface area contributed by atoms with Gasteiger partial charge in [0.1, 0.15) is 0 Å². The summed E-state index contributed by atoms with van der Waals surface area (Å²) in [6.45, 7) is 0.846. The summed E-state index contributed by atoms with van der Waals surface area (Å²) in [5.74, 6) is 0. The van der Waals surface area contributed by atoms with Gasteiger partial charge >= 0.3 is 0 Å². The van der Waals surface area contributed by atoms with Gasteiger partial charge in [-0.05, 0) is 53.4 Å². The van der Waals surface area contributed by atoms with E-state index in [2.05, 4.69) is 53.0 Å². The first-order chi connectivity index (χ1) is 10.1. The lowest BCUT2D eigenvalue weighted by atomic mass is 10.1. The van der Waals surface area contributed by atoms with Gasteiger partial charge in [-0.25, -0.2) is 0 Å². The van der Waals surface area contributed by atoms with Crippen molar-refractivity contribution >= 4 is 11.3 Å². The molecule has 2 aromatic rings. The number of aliphatic hydroxyl groups excluding tert-OH is 1. The number of benzene rings is 1. The lowest BCUT2D eigenvalue weighted by molar-refractivity contribution is 0.0824. The number of thiophene rings is 1. The predicted octanol–water partition coefficient (Wildman–Crippen LogP) is 2.70. The molecule has 4 heteroatoms. The fourth-order valence-electron chi connectivity index (χ4n) is 3.14. The summed E-state index contributed by atoms with van der Waals surface area (Å²) in [5.41, 5.74) is 9.73. The van der Waals surface area contributed by atoms with E-state index in [9.17, 15) is 5.11 Å².